The molecule has 1 amide bonds. The van der Waals surface area contributed by atoms with Crippen LogP contribution in [0.4, 0.5) is 5.69 Å². The third kappa shape index (κ3) is 1.94. The Hall–Kier alpha value is -1.72. The molecule has 128 valence electrons. The number of aliphatic hydroxyl groups excluding tert-OH is 1. The third-order valence-corrected chi connectivity index (χ3v) is 6.41. The van der Waals surface area contributed by atoms with Crippen LogP contribution in [0, 0.1) is 11.8 Å². The first-order valence-electron chi connectivity index (χ1n) is 8.73. The summed E-state index contributed by atoms with van der Waals surface area (Å²) in [5, 5.41) is 13.5. The van der Waals surface area contributed by atoms with Gasteiger partial charge in [0.25, 0.3) is 0 Å². The first-order chi connectivity index (χ1) is 11.5. The second-order valence-corrected chi connectivity index (χ2v) is 7.63. The van der Waals surface area contributed by atoms with Gasteiger partial charge in [0, 0.05) is 43.8 Å². The van der Waals surface area contributed by atoms with Crippen LogP contribution < -0.4 is 10.2 Å². The zero-order chi connectivity index (χ0) is 17.1. The van der Waals surface area contributed by atoms with E-state index in [4.69, 9.17) is 0 Å². The van der Waals surface area contributed by atoms with Crippen LogP contribution in [-0.4, -0.2) is 42.5 Å². The van der Waals surface area contributed by atoms with Gasteiger partial charge in [-0.3, -0.25) is 4.79 Å². The lowest BCUT2D eigenvalue weighted by molar-refractivity contribution is -0.123. The summed E-state index contributed by atoms with van der Waals surface area (Å²) in [6, 6.07) is 8.14. The summed E-state index contributed by atoms with van der Waals surface area (Å²) in [6.45, 7) is 1.67. The molecule has 1 aromatic rings. The molecule has 0 saturated carbocycles. The second kappa shape index (κ2) is 5.39. The van der Waals surface area contributed by atoms with Crippen LogP contribution >= 0.6 is 0 Å². The molecular formula is C19H24N2O3. The number of anilines is 1. The number of amides is 1. The number of hydrogen-bond donors (Lipinski definition) is 2. The molecular weight excluding hydrogens is 304 g/mol. The number of hydrogen-bond acceptors (Lipinski definition) is 4. The van der Waals surface area contributed by atoms with Crippen molar-refractivity contribution in [3.63, 3.8) is 0 Å². The molecule has 3 aliphatic heterocycles. The number of aliphatic hydroxyl groups is 1. The highest BCUT2D eigenvalue weighted by Gasteiger charge is 2.62. The first-order valence-corrected chi connectivity index (χ1v) is 8.73. The molecule has 3 heterocycles. The molecule has 2 fully saturated rings. The lowest BCUT2D eigenvalue weighted by atomic mass is 9.73. The van der Waals surface area contributed by atoms with Crippen molar-refractivity contribution in [2.75, 3.05) is 18.6 Å². The molecule has 4 rings (SSSR count). The Morgan fingerprint density at radius 3 is 2.88 bits per heavy atom. The number of ketones is 1. The minimum atomic E-state index is -0.547. The number of para-hydroxylation sites is 1. The highest BCUT2D eigenvalue weighted by molar-refractivity contribution is 6.08. The zero-order valence-corrected chi connectivity index (χ0v) is 14.2. The van der Waals surface area contributed by atoms with Crippen molar-refractivity contribution in [2.24, 2.45) is 11.8 Å². The van der Waals surface area contributed by atoms with E-state index in [2.05, 4.69) is 11.4 Å². The molecule has 3 aliphatic rings. The number of fused-ring (bicyclic) bond motifs is 5. The Kier molecular flexibility index (Phi) is 3.55. The molecule has 5 atom stereocenters. The number of Topliss-reactive ketones (excluding diaryl/α,β-unsaturated/α-hetero) is 1. The van der Waals surface area contributed by atoms with Gasteiger partial charge in [-0.25, -0.2) is 0 Å². The molecule has 24 heavy (non-hydrogen) atoms. The number of piperidine rings is 1. The highest BCUT2D eigenvalue weighted by Crippen LogP contribution is 2.54. The Morgan fingerprint density at radius 1 is 1.42 bits per heavy atom. The van der Waals surface area contributed by atoms with Crippen LogP contribution in [0.1, 0.15) is 31.7 Å². The van der Waals surface area contributed by atoms with Crippen LogP contribution in [0.15, 0.2) is 24.3 Å². The third-order valence-electron chi connectivity index (χ3n) is 6.41. The van der Waals surface area contributed by atoms with E-state index in [0.29, 0.717) is 12.8 Å². The molecule has 2 saturated heterocycles. The van der Waals surface area contributed by atoms with Crippen LogP contribution in [0.5, 0.6) is 0 Å². The lowest BCUT2D eigenvalue weighted by Gasteiger charge is -2.37. The van der Waals surface area contributed by atoms with Gasteiger partial charge in [-0.05, 0) is 37.3 Å². The summed E-state index contributed by atoms with van der Waals surface area (Å²) in [7, 11) is 1.84. The molecule has 1 aromatic carbocycles. The van der Waals surface area contributed by atoms with Crippen molar-refractivity contribution < 1.29 is 14.7 Å². The molecule has 2 bridgehead atoms. The molecule has 0 aromatic heterocycles. The summed E-state index contributed by atoms with van der Waals surface area (Å²) in [4.78, 5) is 26.6. The average Bonchev–Trinajstić information content (AvgIpc) is 2.97. The predicted molar refractivity (Wildman–Crippen MR) is 90.8 cm³/mol. The quantitative estimate of drug-likeness (QED) is 0.876. The fraction of sp³-hybridized carbons (Fsp3) is 0.579. The minimum absolute atomic E-state index is 0.0354. The topological polar surface area (TPSA) is 69.6 Å². The number of carbonyl (C=O) groups excluding carboxylic acids is 2. The Morgan fingerprint density at radius 2 is 2.17 bits per heavy atom. The van der Waals surface area contributed by atoms with E-state index in [1.807, 2.05) is 25.2 Å². The van der Waals surface area contributed by atoms with Crippen LogP contribution in [0.2, 0.25) is 0 Å². The van der Waals surface area contributed by atoms with E-state index in [9.17, 15) is 14.7 Å². The van der Waals surface area contributed by atoms with Crippen molar-refractivity contribution in [3.8, 4) is 0 Å². The number of carbonyl (C=O) groups is 2. The van der Waals surface area contributed by atoms with Crippen molar-refractivity contribution >= 4 is 17.4 Å². The maximum Gasteiger partial charge on any atom is 0.239 e. The predicted octanol–water partition coefficient (Wildman–Crippen LogP) is 1.24. The van der Waals surface area contributed by atoms with Gasteiger partial charge in [-0.1, -0.05) is 18.2 Å². The maximum absolute atomic E-state index is 13.2. The zero-order valence-electron chi connectivity index (χ0n) is 14.2. The summed E-state index contributed by atoms with van der Waals surface area (Å²) in [5.41, 5.74) is 1.53. The molecule has 0 radical (unpaired) electrons. The largest absolute Gasteiger partial charge is 0.396 e. The smallest absolute Gasteiger partial charge is 0.239 e. The number of likely N-dealkylation sites (N-methyl/N-ethyl adjacent to an activating group) is 1. The minimum Gasteiger partial charge on any atom is -0.396 e. The van der Waals surface area contributed by atoms with Gasteiger partial charge in [0.1, 0.15) is 5.78 Å². The van der Waals surface area contributed by atoms with Crippen LogP contribution in [0.25, 0.3) is 0 Å². The van der Waals surface area contributed by atoms with E-state index in [-0.39, 0.29) is 42.2 Å². The van der Waals surface area contributed by atoms with Crippen molar-refractivity contribution in [1.29, 1.82) is 0 Å². The molecule has 0 unspecified atom stereocenters. The summed E-state index contributed by atoms with van der Waals surface area (Å²) in [6.07, 6.45) is 1.95. The monoisotopic (exact) mass is 328 g/mol. The summed E-state index contributed by atoms with van der Waals surface area (Å²) >= 11 is 0. The molecule has 5 nitrogen and oxygen atoms in total. The van der Waals surface area contributed by atoms with Gasteiger partial charge in [-0.15, -0.1) is 0 Å². The number of benzene rings is 1. The Balaban J connectivity index is 1.77. The summed E-state index contributed by atoms with van der Waals surface area (Å²) in [5.74, 6) is 0.484. The van der Waals surface area contributed by atoms with Gasteiger partial charge in [0.2, 0.25) is 5.91 Å². The fourth-order valence-corrected chi connectivity index (χ4v) is 5.38. The van der Waals surface area contributed by atoms with Crippen LogP contribution in [0.3, 0.4) is 0 Å². The number of nitrogens with zero attached hydrogens (tertiary/aromatic N) is 1. The Bertz CT molecular complexity index is 704. The average molecular weight is 328 g/mol. The van der Waals surface area contributed by atoms with Gasteiger partial charge in [-0.2, -0.15) is 0 Å². The second-order valence-electron chi connectivity index (χ2n) is 7.63. The standard InChI is InChI=1S/C19H24N2O3/c1-11(23)7-12-8-17-19(9-15(20-17)13(12)10-22)14-5-3-4-6-16(14)21(2)18(19)24/h3-6,12-13,15,17,20,22H,7-10H2,1-2H3/t12-,13-,15+,17+,19+/m1/s1. The highest BCUT2D eigenvalue weighted by atomic mass is 16.3. The lowest BCUT2D eigenvalue weighted by Crippen LogP contribution is -2.52. The number of nitrogens with one attached hydrogen (secondary N) is 1. The molecule has 2 N–H and O–H groups in total. The van der Waals surface area contributed by atoms with E-state index >= 15 is 0 Å². The van der Waals surface area contributed by atoms with Gasteiger partial charge in [0.05, 0.1) is 5.41 Å². The molecule has 5 heteroatoms. The SMILES string of the molecule is CC(=O)C[C@@H]1C[C@@H]2N[C@@H](C[C@@]23C(=O)N(C)c2ccccc23)[C@@H]1CO. The summed E-state index contributed by atoms with van der Waals surface area (Å²) < 4.78 is 0. The van der Waals surface area contributed by atoms with Gasteiger partial charge >= 0.3 is 0 Å². The van der Waals surface area contributed by atoms with Gasteiger partial charge in [0.15, 0.2) is 0 Å². The maximum atomic E-state index is 13.2. The first kappa shape index (κ1) is 15.8. The van der Waals surface area contributed by atoms with E-state index in [1.165, 1.54) is 0 Å². The fourth-order valence-electron chi connectivity index (χ4n) is 5.38. The number of rotatable bonds is 3. The van der Waals surface area contributed by atoms with Crippen LogP contribution in [-0.2, 0) is 15.0 Å². The van der Waals surface area contributed by atoms with Gasteiger partial charge < -0.3 is 20.1 Å². The van der Waals surface area contributed by atoms with Crippen molar-refractivity contribution in [3.05, 3.63) is 29.8 Å². The van der Waals surface area contributed by atoms with Crippen molar-refractivity contribution in [2.45, 2.75) is 43.7 Å². The van der Waals surface area contributed by atoms with Crippen molar-refractivity contribution in [1.82, 2.24) is 5.32 Å². The van der Waals surface area contributed by atoms with E-state index in [0.717, 1.165) is 17.7 Å². The normalized spacial score (nSPS) is 37.1. The molecule has 0 aliphatic carbocycles. The Labute approximate surface area is 142 Å². The van der Waals surface area contributed by atoms with E-state index in [1.54, 1.807) is 11.8 Å². The molecule has 1 spiro atoms. The van der Waals surface area contributed by atoms with E-state index < -0.39 is 5.41 Å².